The van der Waals surface area contributed by atoms with Crippen LogP contribution in [0.5, 0.6) is 0 Å². The number of imidazole rings is 1. The highest BCUT2D eigenvalue weighted by Gasteiger charge is 2.40. The number of anilines is 1. The lowest BCUT2D eigenvalue weighted by Crippen LogP contribution is -2.35. The Morgan fingerprint density at radius 2 is 2.40 bits per heavy atom. The van der Waals surface area contributed by atoms with E-state index in [1.807, 2.05) is 0 Å². The van der Waals surface area contributed by atoms with E-state index in [2.05, 4.69) is 20.1 Å². The molecule has 0 spiro atoms. The minimum absolute atomic E-state index is 0.267. The molecule has 1 aliphatic rings. The fourth-order valence-electron chi connectivity index (χ4n) is 2.39. The van der Waals surface area contributed by atoms with Crippen LogP contribution in [0.4, 0.5) is 5.82 Å². The van der Waals surface area contributed by atoms with Gasteiger partial charge in [0.05, 0.1) is 19.1 Å². The van der Waals surface area contributed by atoms with Gasteiger partial charge in [0, 0.05) is 0 Å². The zero-order valence-electron chi connectivity index (χ0n) is 10.5. The van der Waals surface area contributed by atoms with Crippen molar-refractivity contribution in [2.75, 3.05) is 12.3 Å². The number of nitrogens with two attached hydrogens (primary N) is 1. The van der Waals surface area contributed by atoms with Gasteiger partial charge in [0.25, 0.3) is 0 Å². The van der Waals surface area contributed by atoms with Gasteiger partial charge >= 0.3 is 0 Å². The van der Waals surface area contributed by atoms with Crippen molar-refractivity contribution in [3.8, 4) is 0 Å². The summed E-state index contributed by atoms with van der Waals surface area (Å²) in [5.74, 6) is 0.303. The van der Waals surface area contributed by atoms with Gasteiger partial charge in [-0.05, 0) is 12.8 Å². The summed E-state index contributed by atoms with van der Waals surface area (Å²) in [7, 11) is 0. The van der Waals surface area contributed by atoms with Gasteiger partial charge in [-0.1, -0.05) is 5.16 Å². The number of aromatic nitrogens is 4. The number of nitrogens with zero attached hydrogens (tertiary/aromatic N) is 5. The molecule has 0 unspecified atom stereocenters. The van der Waals surface area contributed by atoms with E-state index in [-0.39, 0.29) is 12.8 Å². The lowest BCUT2D eigenvalue weighted by Gasteiger charge is -2.22. The molecule has 3 heterocycles. The van der Waals surface area contributed by atoms with E-state index in [9.17, 15) is 5.11 Å². The number of fused-ring (bicyclic) bond motifs is 1. The smallest absolute Gasteiger partial charge is 0.167 e. The molecule has 0 aromatic carbocycles. The van der Waals surface area contributed by atoms with Gasteiger partial charge in [-0.2, -0.15) is 0 Å². The second-order valence-corrected chi connectivity index (χ2v) is 4.66. The van der Waals surface area contributed by atoms with Crippen molar-refractivity contribution in [1.29, 1.82) is 0 Å². The second-order valence-electron chi connectivity index (χ2n) is 4.66. The first-order valence-electron chi connectivity index (χ1n) is 6.09. The summed E-state index contributed by atoms with van der Waals surface area (Å²) in [6, 6.07) is 0. The van der Waals surface area contributed by atoms with Crippen molar-refractivity contribution in [1.82, 2.24) is 19.5 Å². The highest BCUT2D eigenvalue weighted by molar-refractivity contribution is 5.81. The van der Waals surface area contributed by atoms with Gasteiger partial charge in [0.1, 0.15) is 23.7 Å². The lowest BCUT2D eigenvalue weighted by molar-refractivity contribution is -0.0539. The Morgan fingerprint density at radius 3 is 3.15 bits per heavy atom. The Bertz CT molecular complexity index is 657. The van der Waals surface area contributed by atoms with Crippen molar-refractivity contribution in [2.24, 2.45) is 5.16 Å². The van der Waals surface area contributed by atoms with Gasteiger partial charge in [0.15, 0.2) is 11.5 Å². The minimum Gasteiger partial charge on any atom is -0.411 e. The number of rotatable bonds is 3. The van der Waals surface area contributed by atoms with Crippen molar-refractivity contribution in [2.45, 2.75) is 24.7 Å². The maximum absolute atomic E-state index is 9.42. The molecule has 0 amide bonds. The van der Waals surface area contributed by atoms with Gasteiger partial charge in [-0.15, -0.1) is 0 Å². The van der Waals surface area contributed by atoms with Crippen LogP contribution in [0.25, 0.3) is 11.2 Å². The van der Waals surface area contributed by atoms with E-state index >= 15 is 0 Å². The van der Waals surface area contributed by atoms with Crippen LogP contribution in [0, 0.1) is 0 Å². The van der Waals surface area contributed by atoms with Crippen molar-refractivity contribution < 1.29 is 15.1 Å². The van der Waals surface area contributed by atoms with Crippen LogP contribution in [0.15, 0.2) is 17.8 Å². The molecular weight excluding hydrogens is 264 g/mol. The monoisotopic (exact) mass is 278 g/mol. The average molecular weight is 278 g/mol. The first kappa shape index (κ1) is 12.8. The van der Waals surface area contributed by atoms with Gasteiger partial charge in [-0.3, -0.25) is 4.57 Å². The molecule has 1 saturated heterocycles. The third-order valence-electron chi connectivity index (χ3n) is 3.44. The van der Waals surface area contributed by atoms with E-state index in [0.29, 0.717) is 29.8 Å². The molecule has 0 radical (unpaired) electrons. The molecule has 2 aromatic heterocycles. The van der Waals surface area contributed by atoms with Crippen molar-refractivity contribution in [3.63, 3.8) is 0 Å². The van der Waals surface area contributed by atoms with E-state index < -0.39 is 5.60 Å². The zero-order chi connectivity index (χ0) is 14.2. The molecule has 20 heavy (non-hydrogen) atoms. The first-order valence-corrected chi connectivity index (χ1v) is 6.09. The molecule has 2 aromatic rings. The highest BCUT2D eigenvalue weighted by atomic mass is 16.5. The fraction of sp³-hybridized carbons (Fsp3) is 0.455. The molecule has 4 N–H and O–H groups in total. The Balaban J connectivity index is 1.96. The molecule has 0 bridgehead atoms. The third-order valence-corrected chi connectivity index (χ3v) is 3.44. The molecule has 0 aliphatic carbocycles. The minimum atomic E-state index is -0.978. The summed E-state index contributed by atoms with van der Waals surface area (Å²) in [6.45, 7) is -0.267. The number of nitrogen functional groups attached to an aromatic ring is 1. The number of hydrogen-bond donors (Lipinski definition) is 3. The number of hydrogen-bond acceptors (Lipinski definition) is 8. The molecule has 1 aliphatic heterocycles. The van der Waals surface area contributed by atoms with E-state index in [4.69, 9.17) is 15.7 Å². The van der Waals surface area contributed by atoms with Crippen molar-refractivity contribution >= 4 is 23.2 Å². The summed E-state index contributed by atoms with van der Waals surface area (Å²) in [6.07, 6.45) is 4.93. The van der Waals surface area contributed by atoms with Gasteiger partial charge < -0.3 is 20.8 Å². The topological polar surface area (TPSA) is 132 Å². The Morgan fingerprint density at radius 1 is 1.55 bits per heavy atom. The predicted octanol–water partition coefficient (Wildman–Crippen LogP) is -0.0914. The number of aliphatic hydroxyl groups excluding tert-OH is 1. The van der Waals surface area contributed by atoms with Gasteiger partial charge in [0.2, 0.25) is 0 Å². The summed E-state index contributed by atoms with van der Waals surface area (Å²) in [5, 5.41) is 21.1. The molecule has 3 rings (SSSR count). The van der Waals surface area contributed by atoms with Crippen molar-refractivity contribution in [3.05, 3.63) is 12.7 Å². The highest BCUT2D eigenvalue weighted by Crippen LogP contribution is 2.36. The van der Waals surface area contributed by atoms with E-state index in [0.717, 1.165) is 0 Å². The molecule has 9 heteroatoms. The SMILES string of the molecule is Nc1ncnc2c1ncn2[C@H]1CC[C@@](C=NO)(CO)O1. The van der Waals surface area contributed by atoms with Crippen LogP contribution in [-0.2, 0) is 4.74 Å². The summed E-state index contributed by atoms with van der Waals surface area (Å²) >= 11 is 0. The Labute approximate surface area is 113 Å². The maximum Gasteiger partial charge on any atom is 0.167 e. The van der Waals surface area contributed by atoms with Crippen LogP contribution < -0.4 is 5.73 Å². The number of oxime groups is 1. The first-order chi connectivity index (χ1) is 9.69. The average Bonchev–Trinajstić information content (AvgIpc) is 3.04. The standard InChI is InChI=1S/C11H14N6O3/c12-9-8-10(14-5-13-9)17(6-15-8)7-1-2-11(4-18,20-7)3-16-19/h3,5-7,18-19H,1-2,4H2,(H2,12,13,14)/t7-,11-/m1/s1. The molecule has 106 valence electrons. The molecule has 9 nitrogen and oxygen atoms in total. The van der Waals surface area contributed by atoms with Crippen LogP contribution in [0.1, 0.15) is 19.1 Å². The van der Waals surface area contributed by atoms with Crippen LogP contribution in [0.3, 0.4) is 0 Å². The summed E-state index contributed by atoms with van der Waals surface area (Å²) in [4.78, 5) is 12.2. The normalized spacial score (nSPS) is 26.8. The Kier molecular flexibility index (Phi) is 2.99. The van der Waals surface area contributed by atoms with Gasteiger partial charge in [-0.25, -0.2) is 15.0 Å². The quantitative estimate of drug-likeness (QED) is 0.406. The molecule has 2 atom stereocenters. The molecular formula is C11H14N6O3. The lowest BCUT2D eigenvalue weighted by atomic mass is 10.0. The number of aliphatic hydroxyl groups is 1. The maximum atomic E-state index is 9.42. The van der Waals surface area contributed by atoms with Crippen LogP contribution in [-0.4, -0.2) is 48.3 Å². The predicted molar refractivity (Wildman–Crippen MR) is 69.2 cm³/mol. The Hall–Kier alpha value is -2.26. The summed E-state index contributed by atoms with van der Waals surface area (Å²) < 4.78 is 7.53. The van der Waals surface area contributed by atoms with E-state index in [1.54, 1.807) is 10.9 Å². The molecule has 1 fully saturated rings. The van der Waals surface area contributed by atoms with Crippen LogP contribution >= 0.6 is 0 Å². The zero-order valence-corrected chi connectivity index (χ0v) is 10.5. The second kappa shape index (κ2) is 4.69. The third kappa shape index (κ3) is 1.87. The molecule has 0 saturated carbocycles. The van der Waals surface area contributed by atoms with Crippen LogP contribution in [0.2, 0.25) is 0 Å². The fourth-order valence-corrected chi connectivity index (χ4v) is 2.39. The number of ether oxygens (including phenoxy) is 1. The largest absolute Gasteiger partial charge is 0.411 e. The summed E-state index contributed by atoms with van der Waals surface area (Å²) in [5.41, 5.74) is 5.83. The van der Waals surface area contributed by atoms with E-state index in [1.165, 1.54) is 12.5 Å².